The number of esters is 2. The molecule has 0 fully saturated rings. The Kier molecular flexibility index (Phi) is 6.71. The Hall–Kier alpha value is -5.02. The summed E-state index contributed by atoms with van der Waals surface area (Å²) >= 11 is 0. The Morgan fingerprint density at radius 3 is 1.18 bits per heavy atom. The first-order valence-corrected chi connectivity index (χ1v) is 13.0. The summed E-state index contributed by atoms with van der Waals surface area (Å²) in [5, 5.41) is 4.08. The third-order valence-corrected chi connectivity index (χ3v) is 7.10. The van der Waals surface area contributed by atoms with Gasteiger partial charge in [0.2, 0.25) is 0 Å². The summed E-state index contributed by atoms with van der Waals surface area (Å²) in [4.78, 5) is 25.7. The molecular formula is C36H26O3. The van der Waals surface area contributed by atoms with Crippen molar-refractivity contribution in [2.45, 2.75) is 12.8 Å². The topological polar surface area (TPSA) is 43.4 Å². The van der Waals surface area contributed by atoms with E-state index >= 15 is 0 Å². The zero-order valence-electron chi connectivity index (χ0n) is 21.3. The van der Waals surface area contributed by atoms with Crippen LogP contribution in [0.5, 0.6) is 0 Å². The molecule has 0 unspecified atom stereocenters. The smallest absolute Gasteiger partial charge is 0.317 e. The maximum absolute atomic E-state index is 12.9. The molecule has 0 bridgehead atoms. The molecule has 0 aromatic heterocycles. The summed E-state index contributed by atoms with van der Waals surface area (Å²) in [5.41, 5.74) is 6.10. The third kappa shape index (κ3) is 5.07. The molecule has 0 saturated heterocycles. The molecule has 3 nitrogen and oxygen atoms in total. The quantitative estimate of drug-likeness (QED) is 0.169. The van der Waals surface area contributed by atoms with E-state index in [-0.39, 0.29) is 12.8 Å². The number of carbonyl (C=O) groups excluding carboxylic acids is 2. The number of ether oxygens (including phenoxy) is 1. The highest BCUT2D eigenvalue weighted by atomic mass is 16.6. The number of fused-ring (bicyclic) bond motifs is 2. The average Bonchev–Trinajstić information content (AvgIpc) is 2.98. The number of hydrogen-bond donors (Lipinski definition) is 0. The molecular weight excluding hydrogens is 480 g/mol. The van der Waals surface area contributed by atoms with Gasteiger partial charge in [0.15, 0.2) is 0 Å². The van der Waals surface area contributed by atoms with E-state index in [0.29, 0.717) is 0 Å². The summed E-state index contributed by atoms with van der Waals surface area (Å²) in [6.45, 7) is 0. The average molecular weight is 507 g/mol. The predicted molar refractivity (Wildman–Crippen MR) is 157 cm³/mol. The molecule has 6 aromatic rings. The van der Waals surface area contributed by atoms with Crippen LogP contribution in [0, 0.1) is 0 Å². The fraction of sp³-hybridized carbons (Fsp3) is 0.0556. The van der Waals surface area contributed by atoms with Gasteiger partial charge in [0.25, 0.3) is 0 Å². The van der Waals surface area contributed by atoms with Crippen LogP contribution in [0.4, 0.5) is 0 Å². The largest absolute Gasteiger partial charge is 0.393 e. The fourth-order valence-electron chi connectivity index (χ4n) is 5.28. The number of benzene rings is 6. The van der Waals surface area contributed by atoms with Crippen LogP contribution in [0.15, 0.2) is 133 Å². The Morgan fingerprint density at radius 2 is 0.769 bits per heavy atom. The molecule has 188 valence electrons. The van der Waals surface area contributed by atoms with Crippen molar-refractivity contribution in [1.29, 1.82) is 0 Å². The molecule has 0 saturated carbocycles. The lowest BCUT2D eigenvalue weighted by Crippen LogP contribution is -2.16. The standard InChI is InChI=1S/C36H26O3/c37-35(23-27-19-21-31(25-11-3-1-4-12-25)33-17-9-7-15-29(27)33)39-36(38)24-28-20-22-32(26-13-5-2-6-14-26)34-18-10-8-16-30(28)34/h1-22H,23-24H2. The van der Waals surface area contributed by atoms with Gasteiger partial charge in [0, 0.05) is 0 Å². The first-order chi connectivity index (χ1) is 19.2. The van der Waals surface area contributed by atoms with Gasteiger partial charge in [-0.05, 0) is 54.9 Å². The molecule has 6 rings (SSSR count). The van der Waals surface area contributed by atoms with Crippen LogP contribution in [0.3, 0.4) is 0 Å². The lowest BCUT2D eigenvalue weighted by molar-refractivity contribution is -0.158. The minimum absolute atomic E-state index is 0.0228. The SMILES string of the molecule is O=C(Cc1ccc(-c2ccccc2)c2ccccc12)OC(=O)Cc1ccc(-c2ccccc2)c2ccccc12. The van der Waals surface area contributed by atoms with Crippen LogP contribution in [0.1, 0.15) is 11.1 Å². The summed E-state index contributed by atoms with van der Waals surface area (Å²) in [7, 11) is 0. The van der Waals surface area contributed by atoms with Crippen molar-refractivity contribution < 1.29 is 14.3 Å². The molecule has 0 atom stereocenters. The van der Waals surface area contributed by atoms with Gasteiger partial charge in [0.05, 0.1) is 12.8 Å². The molecule has 0 spiro atoms. The van der Waals surface area contributed by atoms with Crippen molar-refractivity contribution in [1.82, 2.24) is 0 Å². The number of rotatable bonds is 6. The molecule has 3 heteroatoms. The van der Waals surface area contributed by atoms with Crippen LogP contribution in [0.2, 0.25) is 0 Å². The van der Waals surface area contributed by atoms with Gasteiger partial charge in [-0.15, -0.1) is 0 Å². The van der Waals surface area contributed by atoms with Crippen molar-refractivity contribution >= 4 is 33.5 Å². The summed E-state index contributed by atoms with van der Waals surface area (Å²) in [6, 6.07) is 44.3. The van der Waals surface area contributed by atoms with E-state index in [1.807, 2.05) is 97.1 Å². The Balaban J connectivity index is 1.21. The minimum atomic E-state index is -0.553. The highest BCUT2D eigenvalue weighted by Crippen LogP contribution is 2.32. The zero-order chi connectivity index (χ0) is 26.6. The first kappa shape index (κ1) is 24.3. The molecule has 0 N–H and O–H groups in total. The molecule has 0 heterocycles. The van der Waals surface area contributed by atoms with Gasteiger partial charge >= 0.3 is 11.9 Å². The van der Waals surface area contributed by atoms with Crippen molar-refractivity contribution in [2.75, 3.05) is 0 Å². The van der Waals surface area contributed by atoms with Crippen LogP contribution < -0.4 is 0 Å². The second kappa shape index (κ2) is 10.8. The zero-order valence-corrected chi connectivity index (χ0v) is 21.3. The normalized spacial score (nSPS) is 11.0. The van der Waals surface area contributed by atoms with E-state index in [2.05, 4.69) is 36.4 Å². The van der Waals surface area contributed by atoms with Crippen molar-refractivity contribution in [3.63, 3.8) is 0 Å². The van der Waals surface area contributed by atoms with E-state index in [0.717, 1.165) is 54.9 Å². The second-order valence-electron chi connectivity index (χ2n) is 9.57. The Morgan fingerprint density at radius 1 is 0.410 bits per heavy atom. The van der Waals surface area contributed by atoms with E-state index in [1.165, 1.54) is 0 Å². The maximum Gasteiger partial charge on any atom is 0.317 e. The lowest BCUT2D eigenvalue weighted by Gasteiger charge is -2.12. The fourth-order valence-corrected chi connectivity index (χ4v) is 5.28. The van der Waals surface area contributed by atoms with E-state index < -0.39 is 11.9 Å². The summed E-state index contributed by atoms with van der Waals surface area (Å²) in [6.07, 6.45) is 0.0457. The van der Waals surface area contributed by atoms with Crippen LogP contribution >= 0.6 is 0 Å². The Labute approximate surface area is 227 Å². The van der Waals surface area contributed by atoms with Gasteiger partial charge in [-0.3, -0.25) is 9.59 Å². The molecule has 0 aliphatic rings. The monoisotopic (exact) mass is 506 g/mol. The van der Waals surface area contributed by atoms with Crippen molar-refractivity contribution in [3.05, 3.63) is 145 Å². The van der Waals surface area contributed by atoms with Crippen molar-refractivity contribution in [3.8, 4) is 22.3 Å². The van der Waals surface area contributed by atoms with Gasteiger partial charge in [-0.1, -0.05) is 133 Å². The van der Waals surface area contributed by atoms with E-state index in [1.54, 1.807) is 0 Å². The number of carbonyl (C=O) groups is 2. The van der Waals surface area contributed by atoms with Gasteiger partial charge in [0.1, 0.15) is 0 Å². The molecule has 0 aliphatic carbocycles. The Bertz CT molecular complexity index is 1670. The van der Waals surface area contributed by atoms with Crippen LogP contribution in [0.25, 0.3) is 43.8 Å². The lowest BCUT2D eigenvalue weighted by atomic mass is 9.94. The van der Waals surface area contributed by atoms with Crippen molar-refractivity contribution in [2.24, 2.45) is 0 Å². The maximum atomic E-state index is 12.9. The van der Waals surface area contributed by atoms with E-state index in [9.17, 15) is 9.59 Å². The summed E-state index contributed by atoms with van der Waals surface area (Å²) < 4.78 is 5.31. The highest BCUT2D eigenvalue weighted by molar-refractivity contribution is 6.02. The van der Waals surface area contributed by atoms with Gasteiger partial charge in [-0.25, -0.2) is 0 Å². The highest BCUT2D eigenvalue weighted by Gasteiger charge is 2.17. The summed E-state index contributed by atoms with van der Waals surface area (Å²) in [5.74, 6) is -1.11. The van der Waals surface area contributed by atoms with E-state index in [4.69, 9.17) is 4.74 Å². The number of hydrogen-bond acceptors (Lipinski definition) is 3. The van der Waals surface area contributed by atoms with Crippen LogP contribution in [-0.2, 0) is 27.2 Å². The second-order valence-corrected chi connectivity index (χ2v) is 9.57. The molecule has 0 radical (unpaired) electrons. The third-order valence-electron chi connectivity index (χ3n) is 7.10. The predicted octanol–water partition coefficient (Wildman–Crippen LogP) is 8.18. The molecule has 39 heavy (non-hydrogen) atoms. The molecule has 0 amide bonds. The molecule has 6 aromatic carbocycles. The van der Waals surface area contributed by atoms with Gasteiger partial charge in [-0.2, -0.15) is 0 Å². The van der Waals surface area contributed by atoms with Crippen LogP contribution in [-0.4, -0.2) is 11.9 Å². The molecule has 0 aliphatic heterocycles. The minimum Gasteiger partial charge on any atom is -0.393 e. The first-order valence-electron chi connectivity index (χ1n) is 13.0. The van der Waals surface area contributed by atoms with Gasteiger partial charge < -0.3 is 4.74 Å².